The van der Waals surface area contributed by atoms with Crippen LogP contribution in [0, 0.1) is 0 Å². The molecule has 3 N–H and O–H groups in total. The van der Waals surface area contributed by atoms with Gasteiger partial charge in [0.25, 0.3) is 0 Å². The van der Waals surface area contributed by atoms with E-state index in [1.807, 2.05) is 6.92 Å². The van der Waals surface area contributed by atoms with Crippen LogP contribution in [0.25, 0.3) is 0 Å². The van der Waals surface area contributed by atoms with E-state index in [2.05, 4.69) is 30.9 Å². The molecule has 1 aromatic heterocycles. The second kappa shape index (κ2) is 4.44. The summed E-state index contributed by atoms with van der Waals surface area (Å²) in [5.41, 5.74) is 0. The van der Waals surface area contributed by atoms with Crippen molar-refractivity contribution in [2.45, 2.75) is 6.92 Å². The van der Waals surface area contributed by atoms with Crippen LogP contribution in [0.15, 0.2) is 0 Å². The summed E-state index contributed by atoms with van der Waals surface area (Å²) in [5, 5.41) is 8.73. The van der Waals surface area contributed by atoms with Crippen molar-refractivity contribution in [2.75, 3.05) is 36.6 Å². The summed E-state index contributed by atoms with van der Waals surface area (Å²) in [6.07, 6.45) is 0. The van der Waals surface area contributed by atoms with E-state index in [9.17, 15) is 0 Å². The van der Waals surface area contributed by atoms with E-state index in [0.29, 0.717) is 17.8 Å². The molecule has 0 aromatic carbocycles. The first kappa shape index (κ1) is 9.50. The van der Waals surface area contributed by atoms with Gasteiger partial charge >= 0.3 is 0 Å². The summed E-state index contributed by atoms with van der Waals surface area (Å²) < 4.78 is 0. The zero-order chi connectivity index (χ0) is 9.68. The number of aromatic nitrogens is 3. The summed E-state index contributed by atoms with van der Waals surface area (Å²) in [6.45, 7) is 2.78. The standard InChI is InChI=1S/C7H14N6/c1-4-10-7-12-5(8-2)11-6(9-3)13-7/h4H2,1-3H3,(H3,8,9,10,11,12,13). The number of hydrogen-bond donors (Lipinski definition) is 3. The normalized spacial score (nSPS) is 9.46. The molecule has 0 saturated heterocycles. The van der Waals surface area contributed by atoms with Gasteiger partial charge in [-0.2, -0.15) is 15.0 Å². The van der Waals surface area contributed by atoms with Gasteiger partial charge in [-0.3, -0.25) is 0 Å². The fourth-order valence-corrected chi connectivity index (χ4v) is 0.837. The van der Waals surface area contributed by atoms with Crippen molar-refractivity contribution in [1.29, 1.82) is 0 Å². The fraction of sp³-hybridized carbons (Fsp3) is 0.571. The predicted molar refractivity (Wildman–Crippen MR) is 53.1 cm³/mol. The van der Waals surface area contributed by atoms with E-state index in [1.54, 1.807) is 14.1 Å². The van der Waals surface area contributed by atoms with Gasteiger partial charge in [0.2, 0.25) is 17.8 Å². The monoisotopic (exact) mass is 182 g/mol. The van der Waals surface area contributed by atoms with E-state index < -0.39 is 0 Å². The summed E-state index contributed by atoms with van der Waals surface area (Å²) in [5.74, 6) is 1.68. The van der Waals surface area contributed by atoms with Gasteiger partial charge in [0.05, 0.1) is 0 Å². The highest BCUT2D eigenvalue weighted by atomic mass is 15.3. The molecule has 0 aliphatic heterocycles. The molecule has 72 valence electrons. The lowest BCUT2D eigenvalue weighted by Crippen LogP contribution is -2.08. The molecule has 0 saturated carbocycles. The molecule has 0 fully saturated rings. The Balaban J connectivity index is 2.93. The number of nitrogens with zero attached hydrogens (tertiary/aromatic N) is 3. The molecule has 1 heterocycles. The Labute approximate surface area is 77.2 Å². The van der Waals surface area contributed by atoms with Crippen molar-refractivity contribution >= 4 is 17.8 Å². The lowest BCUT2D eigenvalue weighted by Gasteiger charge is -2.05. The molecule has 0 amide bonds. The van der Waals surface area contributed by atoms with Crippen LogP contribution in [0.2, 0.25) is 0 Å². The third-order valence-corrected chi connectivity index (χ3v) is 1.42. The molecule has 6 nitrogen and oxygen atoms in total. The Hall–Kier alpha value is -1.59. The smallest absolute Gasteiger partial charge is 0.229 e. The van der Waals surface area contributed by atoms with Gasteiger partial charge < -0.3 is 16.0 Å². The first-order chi connectivity index (χ1) is 6.30. The fourth-order valence-electron chi connectivity index (χ4n) is 0.837. The lowest BCUT2D eigenvalue weighted by atomic mass is 10.7. The summed E-state index contributed by atoms with van der Waals surface area (Å²) in [4.78, 5) is 12.3. The molecule has 0 atom stereocenters. The van der Waals surface area contributed by atoms with Crippen LogP contribution in [0.5, 0.6) is 0 Å². The Morgan fingerprint density at radius 1 is 0.923 bits per heavy atom. The molecule has 0 radical (unpaired) electrons. The first-order valence-electron chi connectivity index (χ1n) is 4.15. The zero-order valence-corrected chi connectivity index (χ0v) is 8.05. The molecule has 13 heavy (non-hydrogen) atoms. The van der Waals surface area contributed by atoms with Gasteiger partial charge in [0.15, 0.2) is 0 Å². The number of hydrogen-bond acceptors (Lipinski definition) is 6. The average Bonchev–Trinajstić information content (AvgIpc) is 2.17. The highest BCUT2D eigenvalue weighted by Gasteiger charge is 2.01. The Morgan fingerprint density at radius 3 is 1.77 bits per heavy atom. The molecular weight excluding hydrogens is 168 g/mol. The van der Waals surface area contributed by atoms with Gasteiger partial charge in [0.1, 0.15) is 0 Å². The second-order valence-corrected chi connectivity index (χ2v) is 2.34. The Kier molecular flexibility index (Phi) is 3.24. The van der Waals surface area contributed by atoms with Crippen molar-refractivity contribution in [2.24, 2.45) is 0 Å². The predicted octanol–water partition coefficient (Wildman–Crippen LogP) is 0.387. The van der Waals surface area contributed by atoms with Crippen molar-refractivity contribution in [3.63, 3.8) is 0 Å². The molecule has 1 rings (SSSR count). The largest absolute Gasteiger partial charge is 0.357 e. The zero-order valence-electron chi connectivity index (χ0n) is 8.05. The SMILES string of the molecule is CCNc1nc(NC)nc(NC)n1. The molecule has 0 bridgehead atoms. The van der Waals surface area contributed by atoms with Gasteiger partial charge in [-0.1, -0.05) is 0 Å². The maximum absolute atomic E-state index is 4.11. The maximum Gasteiger partial charge on any atom is 0.229 e. The number of rotatable bonds is 4. The maximum atomic E-state index is 4.11. The van der Waals surface area contributed by atoms with Crippen molar-refractivity contribution in [3.05, 3.63) is 0 Å². The average molecular weight is 182 g/mol. The lowest BCUT2D eigenvalue weighted by molar-refractivity contribution is 1.02. The van der Waals surface area contributed by atoms with Crippen LogP contribution < -0.4 is 16.0 Å². The molecule has 0 spiro atoms. The van der Waals surface area contributed by atoms with E-state index in [-0.39, 0.29) is 0 Å². The van der Waals surface area contributed by atoms with Gasteiger partial charge in [0, 0.05) is 20.6 Å². The highest BCUT2D eigenvalue weighted by Crippen LogP contribution is 2.07. The summed E-state index contributed by atoms with van der Waals surface area (Å²) in [6, 6.07) is 0. The van der Waals surface area contributed by atoms with Gasteiger partial charge in [-0.25, -0.2) is 0 Å². The van der Waals surface area contributed by atoms with Crippen molar-refractivity contribution in [1.82, 2.24) is 15.0 Å². The van der Waals surface area contributed by atoms with Crippen LogP contribution in [-0.2, 0) is 0 Å². The Morgan fingerprint density at radius 2 is 1.38 bits per heavy atom. The van der Waals surface area contributed by atoms with E-state index >= 15 is 0 Å². The third-order valence-electron chi connectivity index (χ3n) is 1.42. The van der Waals surface area contributed by atoms with Gasteiger partial charge in [-0.05, 0) is 6.92 Å². The number of anilines is 3. The summed E-state index contributed by atoms with van der Waals surface area (Å²) in [7, 11) is 3.54. The van der Waals surface area contributed by atoms with Crippen LogP contribution in [0.3, 0.4) is 0 Å². The van der Waals surface area contributed by atoms with Crippen LogP contribution in [0.4, 0.5) is 17.8 Å². The van der Waals surface area contributed by atoms with Crippen LogP contribution >= 0.6 is 0 Å². The quantitative estimate of drug-likeness (QED) is 0.625. The van der Waals surface area contributed by atoms with Crippen molar-refractivity contribution in [3.8, 4) is 0 Å². The molecular formula is C7H14N6. The van der Waals surface area contributed by atoms with E-state index in [1.165, 1.54) is 0 Å². The van der Waals surface area contributed by atoms with Gasteiger partial charge in [-0.15, -0.1) is 0 Å². The second-order valence-electron chi connectivity index (χ2n) is 2.34. The molecule has 6 heteroatoms. The summed E-state index contributed by atoms with van der Waals surface area (Å²) >= 11 is 0. The molecule has 0 aliphatic carbocycles. The van der Waals surface area contributed by atoms with Crippen LogP contribution in [-0.4, -0.2) is 35.6 Å². The highest BCUT2D eigenvalue weighted by molar-refractivity contribution is 5.41. The minimum Gasteiger partial charge on any atom is -0.357 e. The first-order valence-corrected chi connectivity index (χ1v) is 4.15. The molecule has 0 aliphatic rings. The minimum absolute atomic E-state index is 0.551. The third kappa shape index (κ3) is 2.43. The Bertz CT molecular complexity index is 251. The topological polar surface area (TPSA) is 74.8 Å². The van der Waals surface area contributed by atoms with E-state index in [4.69, 9.17) is 0 Å². The molecule has 1 aromatic rings. The molecule has 0 unspecified atom stereocenters. The number of nitrogens with one attached hydrogen (secondary N) is 3. The van der Waals surface area contributed by atoms with Crippen LogP contribution in [0.1, 0.15) is 6.92 Å². The minimum atomic E-state index is 0.551. The van der Waals surface area contributed by atoms with Crippen molar-refractivity contribution < 1.29 is 0 Å². The van der Waals surface area contributed by atoms with E-state index in [0.717, 1.165) is 6.54 Å².